The molecule has 1 aliphatic rings. The third-order valence-corrected chi connectivity index (χ3v) is 3.76. The fraction of sp³-hybridized carbons (Fsp3) is 0.467. The minimum absolute atomic E-state index is 0.0904. The predicted molar refractivity (Wildman–Crippen MR) is 78.1 cm³/mol. The molecular formula is C15H20N2O3. The summed E-state index contributed by atoms with van der Waals surface area (Å²) in [6, 6.07) is 7.72. The normalized spacial score (nSPS) is 18.4. The van der Waals surface area contributed by atoms with Gasteiger partial charge in [0.15, 0.2) is 0 Å². The molecule has 0 aromatic heterocycles. The molecular weight excluding hydrogens is 256 g/mol. The second kappa shape index (κ2) is 5.94. The molecule has 1 atom stereocenters. The largest absolute Gasteiger partial charge is 0.481 e. The molecule has 0 aliphatic carbocycles. The van der Waals surface area contributed by atoms with E-state index in [9.17, 15) is 9.59 Å². The average Bonchev–Trinajstić information content (AvgIpc) is 2.83. The van der Waals surface area contributed by atoms with Gasteiger partial charge in [-0.05, 0) is 38.1 Å². The van der Waals surface area contributed by atoms with Crippen molar-refractivity contribution in [2.75, 3.05) is 29.4 Å². The van der Waals surface area contributed by atoms with Crippen LogP contribution in [0.5, 0.6) is 0 Å². The minimum Gasteiger partial charge on any atom is -0.481 e. The number of amides is 1. The Morgan fingerprint density at radius 3 is 2.35 bits per heavy atom. The lowest BCUT2D eigenvalue weighted by atomic mass is 10.1. The monoisotopic (exact) mass is 276 g/mol. The maximum absolute atomic E-state index is 11.9. The van der Waals surface area contributed by atoms with Crippen LogP contribution < -0.4 is 9.80 Å². The van der Waals surface area contributed by atoms with Gasteiger partial charge >= 0.3 is 5.97 Å². The van der Waals surface area contributed by atoms with Gasteiger partial charge in [-0.2, -0.15) is 0 Å². The van der Waals surface area contributed by atoms with Crippen LogP contribution in [0.2, 0.25) is 0 Å². The van der Waals surface area contributed by atoms with Gasteiger partial charge in [0.25, 0.3) is 0 Å². The number of carbonyl (C=O) groups is 2. The highest BCUT2D eigenvalue weighted by Gasteiger charge is 2.34. The summed E-state index contributed by atoms with van der Waals surface area (Å²) in [6.07, 6.45) is 0.0904. The molecule has 2 rings (SSSR count). The molecule has 0 radical (unpaired) electrons. The Kier molecular flexibility index (Phi) is 4.27. The molecule has 1 saturated heterocycles. The number of hydrogen-bond donors (Lipinski definition) is 1. The van der Waals surface area contributed by atoms with Gasteiger partial charge in [-0.25, -0.2) is 0 Å². The highest BCUT2D eigenvalue weighted by atomic mass is 16.4. The van der Waals surface area contributed by atoms with Crippen LogP contribution in [0.25, 0.3) is 0 Å². The van der Waals surface area contributed by atoms with E-state index in [1.807, 2.05) is 24.3 Å². The van der Waals surface area contributed by atoms with Crippen LogP contribution in [-0.2, 0) is 9.59 Å². The van der Waals surface area contributed by atoms with Crippen LogP contribution in [0.3, 0.4) is 0 Å². The van der Waals surface area contributed by atoms with Gasteiger partial charge in [0, 0.05) is 37.4 Å². The van der Waals surface area contributed by atoms with E-state index in [0.29, 0.717) is 0 Å². The molecule has 0 saturated carbocycles. The first-order valence-electron chi connectivity index (χ1n) is 6.95. The van der Waals surface area contributed by atoms with E-state index < -0.39 is 11.9 Å². The van der Waals surface area contributed by atoms with Crippen LogP contribution in [-0.4, -0.2) is 36.6 Å². The van der Waals surface area contributed by atoms with Gasteiger partial charge in [-0.15, -0.1) is 0 Å². The number of benzene rings is 1. The van der Waals surface area contributed by atoms with Crippen LogP contribution in [0.1, 0.15) is 20.3 Å². The molecule has 1 heterocycles. The van der Waals surface area contributed by atoms with Crippen molar-refractivity contribution in [3.05, 3.63) is 24.3 Å². The average molecular weight is 276 g/mol. The summed E-state index contributed by atoms with van der Waals surface area (Å²) in [5.41, 5.74) is 1.88. The van der Waals surface area contributed by atoms with Crippen LogP contribution in [0.15, 0.2) is 24.3 Å². The van der Waals surface area contributed by atoms with E-state index in [2.05, 4.69) is 18.7 Å². The molecule has 5 heteroatoms. The number of nitrogens with zero attached hydrogens (tertiary/aromatic N) is 2. The van der Waals surface area contributed by atoms with Crippen LogP contribution >= 0.6 is 0 Å². The van der Waals surface area contributed by atoms with Crippen molar-refractivity contribution < 1.29 is 14.7 Å². The summed E-state index contributed by atoms with van der Waals surface area (Å²) < 4.78 is 0. The van der Waals surface area contributed by atoms with Crippen molar-refractivity contribution in [3.63, 3.8) is 0 Å². The summed E-state index contributed by atoms with van der Waals surface area (Å²) in [6.45, 7) is 6.32. The maximum atomic E-state index is 11.9. The molecule has 108 valence electrons. The van der Waals surface area contributed by atoms with Gasteiger partial charge in [0.05, 0.1) is 5.92 Å². The number of carboxylic acid groups (broad SMARTS) is 1. The number of rotatable bonds is 5. The quantitative estimate of drug-likeness (QED) is 0.893. The standard InChI is InChI=1S/C15H20N2O3/c1-3-16(4-2)12-5-7-13(8-6-12)17-10-11(15(19)20)9-14(17)18/h5-8,11H,3-4,9-10H2,1-2H3,(H,19,20)/t11-/m1/s1. The highest BCUT2D eigenvalue weighted by Crippen LogP contribution is 2.27. The second-order valence-electron chi connectivity index (χ2n) is 4.93. The molecule has 1 aromatic carbocycles. The summed E-state index contributed by atoms with van der Waals surface area (Å²) in [7, 11) is 0. The molecule has 0 unspecified atom stereocenters. The lowest BCUT2D eigenvalue weighted by Crippen LogP contribution is -2.26. The van der Waals surface area contributed by atoms with E-state index >= 15 is 0 Å². The number of anilines is 2. The van der Waals surface area contributed by atoms with Gasteiger partial charge in [-0.1, -0.05) is 0 Å². The van der Waals surface area contributed by atoms with Crippen molar-refractivity contribution in [2.45, 2.75) is 20.3 Å². The van der Waals surface area contributed by atoms with Crippen molar-refractivity contribution in [3.8, 4) is 0 Å². The van der Waals surface area contributed by atoms with Gasteiger partial charge < -0.3 is 14.9 Å². The lowest BCUT2D eigenvalue weighted by Gasteiger charge is -2.22. The summed E-state index contributed by atoms with van der Waals surface area (Å²) in [5, 5.41) is 8.99. The van der Waals surface area contributed by atoms with E-state index in [-0.39, 0.29) is 18.9 Å². The Hall–Kier alpha value is -2.04. The van der Waals surface area contributed by atoms with Crippen molar-refractivity contribution in [1.29, 1.82) is 0 Å². The molecule has 1 aliphatic heterocycles. The second-order valence-corrected chi connectivity index (χ2v) is 4.93. The first-order chi connectivity index (χ1) is 9.56. The minimum atomic E-state index is -0.902. The molecule has 5 nitrogen and oxygen atoms in total. The molecule has 1 N–H and O–H groups in total. The Morgan fingerprint density at radius 2 is 1.90 bits per heavy atom. The van der Waals surface area contributed by atoms with Gasteiger partial charge in [0.2, 0.25) is 5.91 Å². The molecule has 20 heavy (non-hydrogen) atoms. The molecule has 1 fully saturated rings. The first kappa shape index (κ1) is 14.4. The molecule has 0 bridgehead atoms. The molecule has 1 amide bonds. The Morgan fingerprint density at radius 1 is 1.30 bits per heavy atom. The first-order valence-corrected chi connectivity index (χ1v) is 6.95. The Balaban J connectivity index is 2.14. The van der Waals surface area contributed by atoms with Crippen molar-refractivity contribution >= 4 is 23.3 Å². The topological polar surface area (TPSA) is 60.9 Å². The number of carbonyl (C=O) groups excluding carboxylic acids is 1. The van der Waals surface area contributed by atoms with E-state index in [1.165, 1.54) is 0 Å². The molecule has 1 aromatic rings. The van der Waals surface area contributed by atoms with Gasteiger partial charge in [0.1, 0.15) is 0 Å². The van der Waals surface area contributed by atoms with Crippen molar-refractivity contribution in [2.24, 2.45) is 5.92 Å². The van der Waals surface area contributed by atoms with E-state index in [0.717, 1.165) is 24.5 Å². The Labute approximate surface area is 118 Å². The summed E-state index contributed by atoms with van der Waals surface area (Å²) in [5.74, 6) is -1.61. The van der Waals surface area contributed by atoms with Gasteiger partial charge in [-0.3, -0.25) is 9.59 Å². The third kappa shape index (κ3) is 2.76. The zero-order valence-electron chi connectivity index (χ0n) is 11.9. The molecule has 0 spiro atoms. The zero-order chi connectivity index (χ0) is 14.7. The van der Waals surface area contributed by atoms with E-state index in [4.69, 9.17) is 5.11 Å². The van der Waals surface area contributed by atoms with Crippen LogP contribution in [0, 0.1) is 5.92 Å². The number of carboxylic acids is 1. The smallest absolute Gasteiger partial charge is 0.308 e. The van der Waals surface area contributed by atoms with E-state index in [1.54, 1.807) is 4.90 Å². The fourth-order valence-corrected chi connectivity index (χ4v) is 2.55. The SMILES string of the molecule is CCN(CC)c1ccc(N2C[C@H](C(=O)O)CC2=O)cc1. The number of aliphatic carboxylic acids is 1. The number of hydrogen-bond acceptors (Lipinski definition) is 3. The third-order valence-electron chi connectivity index (χ3n) is 3.76. The summed E-state index contributed by atoms with van der Waals surface area (Å²) in [4.78, 5) is 26.6. The lowest BCUT2D eigenvalue weighted by molar-refractivity contribution is -0.141. The van der Waals surface area contributed by atoms with Crippen LogP contribution in [0.4, 0.5) is 11.4 Å². The Bertz CT molecular complexity index is 494. The predicted octanol–water partition coefficient (Wildman–Crippen LogP) is 1.97. The summed E-state index contributed by atoms with van der Waals surface area (Å²) >= 11 is 0. The van der Waals surface area contributed by atoms with Crippen molar-refractivity contribution in [1.82, 2.24) is 0 Å². The zero-order valence-corrected chi connectivity index (χ0v) is 11.9. The highest BCUT2D eigenvalue weighted by molar-refractivity contribution is 5.99. The maximum Gasteiger partial charge on any atom is 0.308 e. The fourth-order valence-electron chi connectivity index (χ4n) is 2.55.